The summed E-state index contributed by atoms with van der Waals surface area (Å²) in [5.41, 5.74) is 2.97. The number of rotatable bonds is 4. The summed E-state index contributed by atoms with van der Waals surface area (Å²) in [4.78, 5) is 16.5. The normalized spacial score (nSPS) is 20.6. The van der Waals surface area contributed by atoms with Gasteiger partial charge in [-0.2, -0.15) is 0 Å². The van der Waals surface area contributed by atoms with E-state index in [9.17, 15) is 13.6 Å². The van der Waals surface area contributed by atoms with E-state index in [1.165, 1.54) is 30.7 Å². The van der Waals surface area contributed by atoms with Gasteiger partial charge in [-0.15, -0.1) is 8.78 Å². The largest absolute Gasteiger partial charge is 0.586 e. The topological polar surface area (TPSA) is 63.4 Å². The average molecular weight is 398 g/mol. The molecule has 3 aromatic rings. The van der Waals surface area contributed by atoms with Gasteiger partial charge in [-0.1, -0.05) is 6.07 Å². The number of fused-ring (bicyclic) bond motifs is 2. The molecule has 2 N–H and O–H groups in total. The molecule has 0 radical (unpaired) electrons. The first kappa shape index (κ1) is 16.8. The highest BCUT2D eigenvalue weighted by Crippen LogP contribution is 2.52. The van der Waals surface area contributed by atoms with Crippen LogP contribution in [0.2, 0.25) is 0 Å². The van der Waals surface area contributed by atoms with Crippen LogP contribution in [0.3, 0.4) is 0 Å². The van der Waals surface area contributed by atoms with Crippen molar-refractivity contribution < 1.29 is 24.5 Å². The molecule has 1 aromatic heterocycles. The summed E-state index contributed by atoms with van der Waals surface area (Å²) < 4.78 is 35.6. The monoisotopic (exact) mass is 398 g/mol. The minimum Gasteiger partial charge on any atom is -0.395 e. The van der Waals surface area contributed by atoms with Gasteiger partial charge < -0.3 is 19.8 Å². The highest BCUT2D eigenvalue weighted by atomic mass is 19.3. The van der Waals surface area contributed by atoms with Crippen LogP contribution >= 0.6 is 0 Å². The van der Waals surface area contributed by atoms with E-state index in [-0.39, 0.29) is 18.8 Å². The number of H-pyrrole nitrogens is 1. The van der Waals surface area contributed by atoms with E-state index in [4.69, 9.17) is 0 Å². The fourth-order valence-electron chi connectivity index (χ4n) is 4.12. The Labute approximate surface area is 166 Å². The first-order valence-corrected chi connectivity index (χ1v) is 9.76. The SMILES string of the molecule is O=C(Nc1ccc2[nH]c(C3CC3)cc2c1)C1(c2ccc3c(c2)OC(F)(F)O3)CC1.[HH]. The standard InChI is InChI=1S/C22H18F2N2O3.H2/c23-22(24)28-18-6-3-14(11-19(18)29-22)21(7-8-21)20(27)25-15-4-5-16-13(9-15)10-17(26-16)12-1-2-12;/h3-6,9-12,26H,1-2,7-8H2,(H,25,27);1H. The number of carbonyl (C=O) groups excluding carboxylic acids is 1. The molecular formula is C22H20F2N2O3. The van der Waals surface area contributed by atoms with Gasteiger partial charge in [0.15, 0.2) is 11.5 Å². The van der Waals surface area contributed by atoms with Gasteiger partial charge in [0.05, 0.1) is 5.41 Å². The van der Waals surface area contributed by atoms with E-state index < -0.39 is 11.7 Å². The van der Waals surface area contributed by atoms with Gasteiger partial charge in [-0.3, -0.25) is 4.79 Å². The summed E-state index contributed by atoms with van der Waals surface area (Å²) >= 11 is 0. The lowest BCUT2D eigenvalue weighted by Crippen LogP contribution is -2.27. The molecule has 6 rings (SSSR count). The predicted molar refractivity (Wildman–Crippen MR) is 105 cm³/mol. The van der Waals surface area contributed by atoms with Gasteiger partial charge in [0.25, 0.3) is 0 Å². The third kappa shape index (κ3) is 2.75. The molecule has 0 spiro atoms. The summed E-state index contributed by atoms with van der Waals surface area (Å²) in [5.74, 6) is 0.446. The Kier molecular flexibility index (Phi) is 3.19. The van der Waals surface area contributed by atoms with Crippen LogP contribution in [0.4, 0.5) is 14.5 Å². The third-order valence-corrected chi connectivity index (χ3v) is 6.06. The molecule has 2 aliphatic carbocycles. The first-order chi connectivity index (χ1) is 13.9. The Morgan fingerprint density at radius 1 is 1.07 bits per heavy atom. The molecule has 3 aliphatic rings. The van der Waals surface area contributed by atoms with Crippen LogP contribution < -0.4 is 14.8 Å². The van der Waals surface area contributed by atoms with Crippen molar-refractivity contribution in [3.63, 3.8) is 0 Å². The van der Waals surface area contributed by atoms with Gasteiger partial charge in [0.1, 0.15) is 0 Å². The summed E-state index contributed by atoms with van der Waals surface area (Å²) in [5, 5.41) is 4.07. The molecule has 1 amide bonds. The Morgan fingerprint density at radius 2 is 1.86 bits per heavy atom. The molecule has 2 aromatic carbocycles. The molecule has 1 aliphatic heterocycles. The van der Waals surface area contributed by atoms with Crippen LogP contribution in [0.25, 0.3) is 10.9 Å². The lowest BCUT2D eigenvalue weighted by atomic mass is 9.94. The molecule has 2 fully saturated rings. The van der Waals surface area contributed by atoms with E-state index in [1.807, 2.05) is 18.2 Å². The van der Waals surface area contributed by atoms with Gasteiger partial charge in [-0.05, 0) is 73.6 Å². The zero-order valence-electron chi connectivity index (χ0n) is 15.4. The maximum atomic E-state index is 13.3. The number of carbonyl (C=O) groups is 1. The number of alkyl halides is 2. The fraction of sp³-hybridized carbons (Fsp3) is 0.318. The van der Waals surface area contributed by atoms with Crippen molar-refractivity contribution in [2.24, 2.45) is 0 Å². The van der Waals surface area contributed by atoms with Gasteiger partial charge in [-0.25, -0.2) is 0 Å². The Hall–Kier alpha value is -3.09. The molecule has 7 heteroatoms. The van der Waals surface area contributed by atoms with E-state index in [2.05, 4.69) is 25.8 Å². The van der Waals surface area contributed by atoms with Crippen molar-refractivity contribution >= 4 is 22.5 Å². The predicted octanol–water partition coefficient (Wildman–Crippen LogP) is 5.28. The minimum absolute atomic E-state index is 0. The number of amides is 1. The van der Waals surface area contributed by atoms with Crippen LogP contribution in [0.1, 0.15) is 44.3 Å². The van der Waals surface area contributed by atoms with Crippen LogP contribution in [-0.2, 0) is 10.2 Å². The molecule has 0 bridgehead atoms. The smallest absolute Gasteiger partial charge is 0.395 e. The fourth-order valence-corrected chi connectivity index (χ4v) is 4.12. The number of ether oxygens (including phenoxy) is 2. The quantitative estimate of drug-likeness (QED) is 0.628. The van der Waals surface area contributed by atoms with Crippen LogP contribution in [-0.4, -0.2) is 17.2 Å². The van der Waals surface area contributed by atoms with Gasteiger partial charge in [0, 0.05) is 23.7 Å². The Bertz CT molecular complexity index is 1170. The number of hydrogen-bond acceptors (Lipinski definition) is 3. The molecule has 5 nitrogen and oxygen atoms in total. The maximum absolute atomic E-state index is 13.3. The van der Waals surface area contributed by atoms with Crippen molar-refractivity contribution in [2.75, 3.05) is 5.32 Å². The summed E-state index contributed by atoms with van der Waals surface area (Å²) in [6.07, 6.45) is 0.103. The van der Waals surface area contributed by atoms with Crippen LogP contribution in [0.15, 0.2) is 42.5 Å². The van der Waals surface area contributed by atoms with E-state index in [0.29, 0.717) is 24.3 Å². The number of nitrogens with one attached hydrogen (secondary N) is 2. The maximum Gasteiger partial charge on any atom is 0.586 e. The lowest BCUT2D eigenvalue weighted by molar-refractivity contribution is -0.286. The number of aromatic nitrogens is 1. The Balaban J connectivity index is 0.00000193. The second kappa shape index (κ2) is 5.49. The number of benzene rings is 2. The highest BCUT2D eigenvalue weighted by molar-refractivity contribution is 6.02. The Morgan fingerprint density at radius 3 is 2.62 bits per heavy atom. The van der Waals surface area contributed by atoms with E-state index in [0.717, 1.165) is 16.6 Å². The molecule has 0 unspecified atom stereocenters. The van der Waals surface area contributed by atoms with Gasteiger partial charge >= 0.3 is 6.29 Å². The third-order valence-electron chi connectivity index (χ3n) is 6.06. The summed E-state index contributed by atoms with van der Waals surface area (Å²) in [6.45, 7) is 0. The zero-order valence-corrected chi connectivity index (χ0v) is 15.4. The summed E-state index contributed by atoms with van der Waals surface area (Å²) in [6, 6.07) is 12.5. The van der Waals surface area contributed by atoms with E-state index >= 15 is 0 Å². The number of anilines is 1. The minimum atomic E-state index is -3.66. The second-order valence-corrected chi connectivity index (χ2v) is 8.17. The summed E-state index contributed by atoms with van der Waals surface area (Å²) in [7, 11) is 0. The van der Waals surface area contributed by atoms with Crippen molar-refractivity contribution in [2.45, 2.75) is 43.3 Å². The lowest BCUT2D eigenvalue weighted by Gasteiger charge is -2.16. The molecule has 2 heterocycles. The van der Waals surface area contributed by atoms with Crippen LogP contribution in [0.5, 0.6) is 11.5 Å². The van der Waals surface area contributed by atoms with E-state index in [1.54, 1.807) is 6.07 Å². The van der Waals surface area contributed by atoms with Crippen molar-refractivity contribution in [1.29, 1.82) is 0 Å². The average Bonchev–Trinajstić information content (AvgIpc) is 3.59. The van der Waals surface area contributed by atoms with Crippen LogP contribution in [0, 0.1) is 0 Å². The molecule has 29 heavy (non-hydrogen) atoms. The zero-order chi connectivity index (χ0) is 19.8. The molecule has 0 saturated heterocycles. The highest BCUT2D eigenvalue weighted by Gasteiger charge is 2.52. The second-order valence-electron chi connectivity index (χ2n) is 8.17. The number of aromatic amines is 1. The molecule has 0 atom stereocenters. The molecule has 2 saturated carbocycles. The molecule has 150 valence electrons. The van der Waals surface area contributed by atoms with Crippen molar-refractivity contribution in [1.82, 2.24) is 4.98 Å². The number of hydrogen-bond donors (Lipinski definition) is 2. The van der Waals surface area contributed by atoms with Crippen molar-refractivity contribution in [3.05, 3.63) is 53.7 Å². The van der Waals surface area contributed by atoms with Gasteiger partial charge in [0.2, 0.25) is 5.91 Å². The molecular weight excluding hydrogens is 378 g/mol. The van der Waals surface area contributed by atoms with Crippen molar-refractivity contribution in [3.8, 4) is 11.5 Å². The first-order valence-electron chi connectivity index (χ1n) is 9.76. The number of halogens is 2.